The van der Waals surface area contributed by atoms with Crippen molar-refractivity contribution in [3.05, 3.63) is 0 Å². The minimum atomic E-state index is -0.788. The molecule has 2 aliphatic rings. The number of ether oxygens (including phenoxy) is 1. The molecule has 0 aromatic heterocycles. The van der Waals surface area contributed by atoms with E-state index in [1.165, 1.54) is 0 Å². The van der Waals surface area contributed by atoms with Crippen molar-refractivity contribution in [2.24, 2.45) is 5.41 Å². The summed E-state index contributed by atoms with van der Waals surface area (Å²) in [5.74, 6) is 0.0325. The summed E-state index contributed by atoms with van der Waals surface area (Å²) in [5, 5.41) is 9.63. The number of hydrogen-bond acceptors (Lipinski definition) is 3. The summed E-state index contributed by atoms with van der Waals surface area (Å²) >= 11 is 0. The van der Waals surface area contributed by atoms with Gasteiger partial charge in [-0.2, -0.15) is 5.26 Å². The molecule has 0 bridgehead atoms. The van der Waals surface area contributed by atoms with Crippen molar-refractivity contribution in [1.29, 1.82) is 5.26 Å². The Bertz CT molecular complexity index is 403. The summed E-state index contributed by atoms with van der Waals surface area (Å²) in [6.07, 6.45) is 5.72. The van der Waals surface area contributed by atoms with Crippen LogP contribution < -0.4 is 0 Å². The molecule has 0 aromatic carbocycles. The number of carbonyl (C=O) groups excluding carboxylic acids is 1. The third-order valence-electron chi connectivity index (χ3n) is 4.44. The maximum Gasteiger partial charge on any atom is 0.243 e. The smallest absolute Gasteiger partial charge is 0.243 e. The highest BCUT2D eigenvalue weighted by Gasteiger charge is 2.44. The van der Waals surface area contributed by atoms with Crippen molar-refractivity contribution < 1.29 is 9.53 Å². The second-order valence-electron chi connectivity index (χ2n) is 6.98. The molecule has 0 radical (unpaired) electrons. The Morgan fingerprint density at radius 1 is 1.25 bits per heavy atom. The molecule has 1 saturated heterocycles. The lowest BCUT2D eigenvalue weighted by Crippen LogP contribution is -2.57. The van der Waals surface area contributed by atoms with Crippen LogP contribution in [0.4, 0.5) is 0 Å². The Morgan fingerprint density at radius 3 is 2.35 bits per heavy atom. The summed E-state index contributed by atoms with van der Waals surface area (Å²) in [5.41, 5.74) is -1.11. The van der Waals surface area contributed by atoms with Gasteiger partial charge in [0.05, 0.1) is 17.8 Å². The van der Waals surface area contributed by atoms with Gasteiger partial charge < -0.3 is 9.64 Å². The maximum atomic E-state index is 12.9. The molecule has 1 heterocycles. The lowest BCUT2D eigenvalue weighted by Gasteiger charge is -2.44. The number of rotatable bonds is 1. The van der Waals surface area contributed by atoms with E-state index in [0.717, 1.165) is 25.7 Å². The monoisotopic (exact) mass is 278 g/mol. The van der Waals surface area contributed by atoms with E-state index in [9.17, 15) is 10.1 Å². The fourth-order valence-electron chi connectivity index (χ4n) is 3.62. The second kappa shape index (κ2) is 5.73. The first-order chi connectivity index (χ1) is 9.38. The third kappa shape index (κ3) is 3.15. The first-order valence-electron chi connectivity index (χ1n) is 7.77. The van der Waals surface area contributed by atoms with Crippen molar-refractivity contribution >= 4 is 5.91 Å². The Kier molecular flexibility index (Phi) is 4.39. The van der Waals surface area contributed by atoms with Crippen molar-refractivity contribution in [1.82, 2.24) is 4.90 Å². The Hall–Kier alpha value is -1.08. The molecule has 1 aliphatic carbocycles. The molecule has 4 nitrogen and oxygen atoms in total. The SMILES string of the molecule is CC1CN(C(=O)C2(C#N)CCCCCC2)CC(C)(C)O1. The molecular weight excluding hydrogens is 252 g/mol. The van der Waals surface area contributed by atoms with E-state index in [1.807, 2.05) is 25.7 Å². The van der Waals surface area contributed by atoms with Gasteiger partial charge in [-0.3, -0.25) is 4.79 Å². The van der Waals surface area contributed by atoms with Gasteiger partial charge in [-0.25, -0.2) is 0 Å². The van der Waals surface area contributed by atoms with Crippen LogP contribution in [0.3, 0.4) is 0 Å². The third-order valence-corrected chi connectivity index (χ3v) is 4.44. The summed E-state index contributed by atoms with van der Waals surface area (Å²) in [7, 11) is 0. The van der Waals surface area contributed by atoms with Gasteiger partial charge >= 0.3 is 0 Å². The largest absolute Gasteiger partial charge is 0.369 e. The number of nitrogens with zero attached hydrogens (tertiary/aromatic N) is 2. The van der Waals surface area contributed by atoms with Gasteiger partial charge in [0, 0.05) is 13.1 Å². The molecule has 2 rings (SSSR count). The van der Waals surface area contributed by atoms with Gasteiger partial charge in [-0.05, 0) is 33.6 Å². The summed E-state index contributed by atoms with van der Waals surface area (Å²) < 4.78 is 5.86. The molecule has 2 fully saturated rings. The van der Waals surface area contributed by atoms with Gasteiger partial charge in [0.25, 0.3) is 0 Å². The molecule has 1 aliphatic heterocycles. The number of amides is 1. The van der Waals surface area contributed by atoms with Crippen molar-refractivity contribution in [3.8, 4) is 6.07 Å². The molecular formula is C16H26N2O2. The van der Waals surface area contributed by atoms with Crippen LogP contribution in [0.1, 0.15) is 59.3 Å². The Labute approximate surface area is 122 Å². The Morgan fingerprint density at radius 2 is 1.85 bits per heavy atom. The minimum Gasteiger partial charge on any atom is -0.369 e. The average Bonchev–Trinajstić information content (AvgIpc) is 2.61. The highest BCUT2D eigenvalue weighted by atomic mass is 16.5. The molecule has 1 saturated carbocycles. The molecule has 0 N–H and O–H groups in total. The van der Waals surface area contributed by atoms with Crippen LogP contribution in [-0.4, -0.2) is 35.6 Å². The van der Waals surface area contributed by atoms with Crippen LogP contribution in [0.5, 0.6) is 0 Å². The average molecular weight is 278 g/mol. The van der Waals surface area contributed by atoms with E-state index < -0.39 is 5.41 Å². The summed E-state index contributed by atoms with van der Waals surface area (Å²) in [6, 6.07) is 2.36. The fourth-order valence-corrected chi connectivity index (χ4v) is 3.62. The van der Waals surface area contributed by atoms with E-state index in [0.29, 0.717) is 25.9 Å². The predicted octanol–water partition coefficient (Wildman–Crippen LogP) is 2.88. The zero-order chi connectivity index (χ0) is 14.8. The molecule has 4 heteroatoms. The van der Waals surface area contributed by atoms with Gasteiger partial charge in [-0.15, -0.1) is 0 Å². The van der Waals surface area contributed by atoms with Crippen molar-refractivity contribution in [2.45, 2.75) is 71.0 Å². The number of morpholine rings is 1. The standard InChI is InChI=1S/C16H26N2O2/c1-13-10-18(12-15(2,3)20-13)14(19)16(11-17)8-6-4-5-7-9-16/h13H,4-10,12H2,1-3H3. The van der Waals surface area contributed by atoms with Gasteiger partial charge in [-0.1, -0.05) is 25.7 Å². The Balaban J connectivity index is 2.18. The van der Waals surface area contributed by atoms with Crippen LogP contribution in [-0.2, 0) is 9.53 Å². The van der Waals surface area contributed by atoms with Gasteiger partial charge in [0.15, 0.2) is 0 Å². The number of nitriles is 1. The highest BCUT2D eigenvalue weighted by molar-refractivity contribution is 5.85. The van der Waals surface area contributed by atoms with Crippen molar-refractivity contribution in [2.75, 3.05) is 13.1 Å². The fraction of sp³-hybridized carbons (Fsp3) is 0.875. The normalized spacial score (nSPS) is 29.3. The minimum absolute atomic E-state index is 0.0317. The first kappa shape index (κ1) is 15.3. The maximum absolute atomic E-state index is 12.9. The van der Waals surface area contributed by atoms with Crippen LogP contribution in [0, 0.1) is 16.7 Å². The number of carbonyl (C=O) groups is 1. The molecule has 0 aromatic rings. The van der Waals surface area contributed by atoms with Gasteiger partial charge in [0.1, 0.15) is 5.41 Å². The molecule has 20 heavy (non-hydrogen) atoms. The van der Waals surface area contributed by atoms with Crippen LogP contribution in [0.15, 0.2) is 0 Å². The zero-order valence-corrected chi connectivity index (χ0v) is 12.9. The van der Waals surface area contributed by atoms with E-state index in [4.69, 9.17) is 4.74 Å². The molecule has 1 atom stereocenters. The molecule has 112 valence electrons. The summed E-state index contributed by atoms with van der Waals surface area (Å²) in [6.45, 7) is 7.20. The van der Waals surface area contributed by atoms with Crippen molar-refractivity contribution in [3.63, 3.8) is 0 Å². The van der Waals surface area contributed by atoms with E-state index >= 15 is 0 Å². The highest BCUT2D eigenvalue weighted by Crippen LogP contribution is 2.37. The zero-order valence-electron chi connectivity index (χ0n) is 12.9. The molecule has 0 spiro atoms. The van der Waals surface area contributed by atoms with E-state index in [2.05, 4.69) is 6.07 Å². The molecule has 1 unspecified atom stereocenters. The topological polar surface area (TPSA) is 53.3 Å². The van der Waals surface area contributed by atoms with Crippen LogP contribution >= 0.6 is 0 Å². The predicted molar refractivity (Wildman–Crippen MR) is 77.0 cm³/mol. The second-order valence-corrected chi connectivity index (χ2v) is 6.98. The number of hydrogen-bond donors (Lipinski definition) is 0. The summed E-state index contributed by atoms with van der Waals surface area (Å²) in [4.78, 5) is 14.8. The lowest BCUT2D eigenvalue weighted by atomic mass is 9.80. The quantitative estimate of drug-likeness (QED) is 0.693. The van der Waals surface area contributed by atoms with E-state index in [1.54, 1.807) is 0 Å². The van der Waals surface area contributed by atoms with E-state index in [-0.39, 0.29) is 17.6 Å². The lowest BCUT2D eigenvalue weighted by molar-refractivity contribution is -0.165. The molecule has 1 amide bonds. The van der Waals surface area contributed by atoms with Crippen LogP contribution in [0.2, 0.25) is 0 Å². The first-order valence-corrected chi connectivity index (χ1v) is 7.77. The van der Waals surface area contributed by atoms with Gasteiger partial charge in [0.2, 0.25) is 5.91 Å². The van der Waals surface area contributed by atoms with Crippen LogP contribution in [0.25, 0.3) is 0 Å².